The summed E-state index contributed by atoms with van der Waals surface area (Å²) in [6.45, 7) is 10.8. The van der Waals surface area contributed by atoms with Gasteiger partial charge in [0.05, 0.1) is 0 Å². The van der Waals surface area contributed by atoms with E-state index in [-0.39, 0.29) is 12.5 Å². The number of unbranched alkanes of at least 4 members (excludes halogenated alkanes) is 2. The number of halogens is 1. The lowest BCUT2D eigenvalue weighted by Crippen LogP contribution is -2.49. The molecule has 0 spiro atoms. The molecule has 3 rings (SSSR count). The van der Waals surface area contributed by atoms with Gasteiger partial charge >= 0.3 is 0 Å². The van der Waals surface area contributed by atoms with Gasteiger partial charge < -0.3 is 9.64 Å². The van der Waals surface area contributed by atoms with E-state index in [0.29, 0.717) is 0 Å². The zero-order valence-electron chi connectivity index (χ0n) is 20.5. The number of amides is 1. The summed E-state index contributed by atoms with van der Waals surface area (Å²) in [5.74, 6) is 1.04. The van der Waals surface area contributed by atoms with E-state index in [1.165, 1.54) is 22.3 Å². The molecule has 1 saturated heterocycles. The van der Waals surface area contributed by atoms with E-state index < -0.39 is 0 Å². The van der Waals surface area contributed by atoms with Crippen molar-refractivity contribution in [3.63, 3.8) is 0 Å². The molecule has 1 fully saturated rings. The number of rotatable bonds is 11. The molecule has 0 bridgehead atoms. The average Bonchev–Trinajstić information content (AvgIpc) is 2.82. The number of hydrogen-bond acceptors (Lipinski definition) is 3. The van der Waals surface area contributed by atoms with Gasteiger partial charge in [-0.05, 0) is 61.4 Å². The highest BCUT2D eigenvalue weighted by molar-refractivity contribution is 6.30. The van der Waals surface area contributed by atoms with Gasteiger partial charge in [0.25, 0.3) is 5.91 Å². The zero-order chi connectivity index (χ0) is 23.6. The second-order valence-corrected chi connectivity index (χ2v) is 9.63. The Hall–Kier alpha value is -2.04. The first-order valence-electron chi connectivity index (χ1n) is 12.5. The molecule has 1 heterocycles. The van der Waals surface area contributed by atoms with Crippen LogP contribution in [0.1, 0.15) is 61.8 Å². The number of carbonyl (C=O) groups is 1. The molecular weight excluding hydrogens is 432 g/mol. The van der Waals surface area contributed by atoms with E-state index in [2.05, 4.69) is 49.9 Å². The second-order valence-electron chi connectivity index (χ2n) is 9.19. The number of aryl methyl sites for hydroxylation is 3. The van der Waals surface area contributed by atoms with Gasteiger partial charge in [-0.3, -0.25) is 9.69 Å². The quantitative estimate of drug-likeness (QED) is 0.400. The van der Waals surface area contributed by atoms with Gasteiger partial charge in [-0.15, -0.1) is 0 Å². The summed E-state index contributed by atoms with van der Waals surface area (Å²) in [6.07, 6.45) is 6.58. The molecule has 0 unspecified atom stereocenters. The lowest BCUT2D eigenvalue weighted by Gasteiger charge is -2.34. The van der Waals surface area contributed by atoms with E-state index in [4.69, 9.17) is 16.3 Å². The second kappa shape index (κ2) is 13.0. The monoisotopic (exact) mass is 470 g/mol. The van der Waals surface area contributed by atoms with Crippen molar-refractivity contribution in [3.05, 3.63) is 63.7 Å². The molecule has 0 radical (unpaired) electrons. The fraction of sp³-hybridized carbons (Fsp3) is 0.536. The topological polar surface area (TPSA) is 32.8 Å². The third-order valence-corrected chi connectivity index (χ3v) is 6.62. The van der Waals surface area contributed by atoms with Crippen molar-refractivity contribution in [2.45, 2.75) is 65.8 Å². The van der Waals surface area contributed by atoms with E-state index >= 15 is 0 Å². The maximum atomic E-state index is 13.0. The van der Waals surface area contributed by atoms with Crippen LogP contribution in [-0.4, -0.2) is 48.5 Å². The first-order chi connectivity index (χ1) is 16.0. The summed E-state index contributed by atoms with van der Waals surface area (Å²) in [7, 11) is 0. The third kappa shape index (κ3) is 7.75. The summed E-state index contributed by atoms with van der Waals surface area (Å²) in [4.78, 5) is 17.3. The zero-order valence-corrected chi connectivity index (χ0v) is 21.3. The van der Waals surface area contributed by atoms with Crippen LogP contribution in [0.5, 0.6) is 5.75 Å². The van der Waals surface area contributed by atoms with Crippen LogP contribution >= 0.6 is 11.6 Å². The van der Waals surface area contributed by atoms with Crippen LogP contribution in [0.3, 0.4) is 0 Å². The minimum atomic E-state index is 0.0876. The largest absolute Gasteiger partial charge is 0.483 e. The van der Waals surface area contributed by atoms with Crippen LogP contribution in [0.4, 0.5) is 0 Å². The Morgan fingerprint density at radius 3 is 2.06 bits per heavy atom. The minimum Gasteiger partial charge on any atom is -0.483 e. The molecule has 0 aromatic heterocycles. The molecular formula is C28H39ClN2O2. The standard InChI is InChI=1S/C28H39ClN2O2/c1-4-6-8-24-18-22(3)19-25(9-7-5-2)28(24)33-21-27(32)31-16-14-30(15-17-31)20-23-10-12-26(29)13-11-23/h10-13,18-19H,4-9,14-17,20-21H2,1-3H3. The number of nitrogens with zero attached hydrogens (tertiary/aromatic N) is 2. The minimum absolute atomic E-state index is 0.0876. The van der Waals surface area contributed by atoms with Gasteiger partial charge in [0.2, 0.25) is 0 Å². The summed E-state index contributed by atoms with van der Waals surface area (Å²) in [6, 6.07) is 12.5. The van der Waals surface area contributed by atoms with Gasteiger partial charge in [-0.25, -0.2) is 0 Å². The first kappa shape index (κ1) is 25.6. The smallest absolute Gasteiger partial charge is 0.260 e. The lowest BCUT2D eigenvalue weighted by molar-refractivity contribution is -0.135. The molecule has 0 N–H and O–H groups in total. The van der Waals surface area contributed by atoms with Crippen LogP contribution in [0.15, 0.2) is 36.4 Å². The molecule has 4 nitrogen and oxygen atoms in total. The van der Waals surface area contributed by atoms with E-state index in [1.54, 1.807) is 0 Å². The van der Waals surface area contributed by atoms with E-state index in [1.807, 2.05) is 17.0 Å². The van der Waals surface area contributed by atoms with E-state index in [9.17, 15) is 4.79 Å². The Morgan fingerprint density at radius 1 is 0.939 bits per heavy atom. The summed E-state index contributed by atoms with van der Waals surface area (Å²) in [5.41, 5.74) is 5.04. The van der Waals surface area contributed by atoms with Crippen LogP contribution in [-0.2, 0) is 24.2 Å². The van der Waals surface area contributed by atoms with Crippen molar-refractivity contribution in [2.75, 3.05) is 32.8 Å². The fourth-order valence-corrected chi connectivity index (χ4v) is 4.57. The highest BCUT2D eigenvalue weighted by Crippen LogP contribution is 2.29. The molecule has 2 aromatic rings. The SMILES string of the molecule is CCCCc1cc(C)cc(CCCC)c1OCC(=O)N1CCN(Cc2ccc(Cl)cc2)CC1. The van der Waals surface area contributed by atoms with Crippen LogP contribution in [0.2, 0.25) is 5.02 Å². The summed E-state index contributed by atoms with van der Waals surface area (Å²) < 4.78 is 6.25. The molecule has 33 heavy (non-hydrogen) atoms. The normalized spacial score (nSPS) is 14.5. The number of piperazine rings is 1. The molecule has 1 amide bonds. The van der Waals surface area contributed by atoms with Gasteiger partial charge in [0.15, 0.2) is 6.61 Å². The molecule has 1 aliphatic heterocycles. The van der Waals surface area contributed by atoms with Gasteiger partial charge in [0.1, 0.15) is 5.75 Å². The Bertz CT molecular complexity index is 860. The van der Waals surface area contributed by atoms with Crippen molar-refractivity contribution < 1.29 is 9.53 Å². The maximum Gasteiger partial charge on any atom is 0.260 e. The Morgan fingerprint density at radius 2 is 1.52 bits per heavy atom. The highest BCUT2D eigenvalue weighted by atomic mass is 35.5. The van der Waals surface area contributed by atoms with Crippen LogP contribution < -0.4 is 4.74 Å². The van der Waals surface area contributed by atoms with Gasteiger partial charge in [0, 0.05) is 37.7 Å². The molecule has 1 aliphatic rings. The number of carbonyl (C=O) groups excluding carboxylic acids is 1. The van der Waals surface area contributed by atoms with Crippen molar-refractivity contribution in [1.82, 2.24) is 9.80 Å². The van der Waals surface area contributed by atoms with Gasteiger partial charge in [-0.1, -0.05) is 68.1 Å². The van der Waals surface area contributed by atoms with Crippen molar-refractivity contribution >= 4 is 17.5 Å². The highest BCUT2D eigenvalue weighted by Gasteiger charge is 2.22. The molecule has 5 heteroatoms. The van der Waals surface area contributed by atoms with E-state index in [0.717, 1.165) is 82.0 Å². The van der Waals surface area contributed by atoms with Crippen molar-refractivity contribution in [3.8, 4) is 5.75 Å². The molecule has 0 aliphatic carbocycles. The maximum absolute atomic E-state index is 13.0. The number of ether oxygens (including phenoxy) is 1. The molecule has 0 atom stereocenters. The predicted octanol–water partition coefficient (Wildman–Crippen LogP) is 6.06. The molecule has 180 valence electrons. The Labute approximate surface area is 204 Å². The van der Waals surface area contributed by atoms with Crippen molar-refractivity contribution in [1.29, 1.82) is 0 Å². The Balaban J connectivity index is 1.57. The summed E-state index contributed by atoms with van der Waals surface area (Å²) in [5, 5.41) is 0.762. The number of hydrogen-bond donors (Lipinski definition) is 0. The lowest BCUT2D eigenvalue weighted by atomic mass is 9.97. The third-order valence-electron chi connectivity index (χ3n) is 6.37. The molecule has 2 aromatic carbocycles. The predicted molar refractivity (Wildman–Crippen MR) is 137 cm³/mol. The van der Waals surface area contributed by atoms with Crippen LogP contribution in [0, 0.1) is 6.92 Å². The van der Waals surface area contributed by atoms with Crippen LogP contribution in [0.25, 0.3) is 0 Å². The Kier molecular flexibility index (Phi) is 10.1. The molecule has 0 saturated carbocycles. The fourth-order valence-electron chi connectivity index (χ4n) is 4.45. The first-order valence-corrected chi connectivity index (χ1v) is 12.9. The number of benzene rings is 2. The van der Waals surface area contributed by atoms with Crippen molar-refractivity contribution in [2.24, 2.45) is 0 Å². The summed E-state index contributed by atoms with van der Waals surface area (Å²) >= 11 is 5.99. The van der Waals surface area contributed by atoms with Gasteiger partial charge in [-0.2, -0.15) is 0 Å². The average molecular weight is 471 g/mol.